The third-order valence-corrected chi connectivity index (χ3v) is 5.71. The van der Waals surface area contributed by atoms with Gasteiger partial charge >= 0.3 is 0 Å². The average Bonchev–Trinajstić information content (AvgIpc) is 3.12. The predicted octanol–water partition coefficient (Wildman–Crippen LogP) is 4.04. The van der Waals surface area contributed by atoms with Crippen LogP contribution in [0.1, 0.15) is 39.3 Å². The minimum atomic E-state index is -0.845. The molecule has 6 nitrogen and oxygen atoms in total. The second kappa shape index (κ2) is 7.40. The van der Waals surface area contributed by atoms with E-state index in [-0.39, 0.29) is 0 Å². The number of hydrogen-bond acceptors (Lipinski definition) is 6. The molecular weight excluding hydrogens is 396 g/mol. The summed E-state index contributed by atoms with van der Waals surface area (Å²) in [4.78, 5) is 18.3. The van der Waals surface area contributed by atoms with E-state index in [2.05, 4.69) is 45.3 Å². The van der Waals surface area contributed by atoms with Gasteiger partial charge < -0.3 is 5.73 Å². The van der Waals surface area contributed by atoms with Gasteiger partial charge in [-0.3, -0.25) is 15.0 Å². The number of nitrogens with zero attached hydrogens (tertiary/aromatic N) is 5. The van der Waals surface area contributed by atoms with Gasteiger partial charge in [0.15, 0.2) is 0 Å². The monoisotopic (exact) mass is 416 g/mol. The van der Waals surface area contributed by atoms with E-state index in [1.807, 2.05) is 44.2 Å². The zero-order valence-electron chi connectivity index (χ0n) is 17.7. The van der Waals surface area contributed by atoms with Crippen LogP contribution in [0.2, 0.25) is 0 Å². The smallest absolute Gasteiger partial charge is 0.146 e. The summed E-state index contributed by atoms with van der Waals surface area (Å²) >= 11 is 0. The molecule has 0 radical (unpaired) electrons. The topological polar surface area (TPSA) is 101 Å². The first-order valence-corrected chi connectivity index (χ1v) is 10.2. The van der Waals surface area contributed by atoms with Gasteiger partial charge in [0, 0.05) is 41.1 Å². The normalized spacial score (nSPS) is 16.8. The molecule has 0 amide bonds. The first-order valence-electron chi connectivity index (χ1n) is 10.2. The van der Waals surface area contributed by atoms with Crippen molar-refractivity contribution in [3.8, 4) is 17.2 Å². The quantitative estimate of drug-likeness (QED) is 0.543. The molecule has 1 aromatic carbocycles. The highest BCUT2D eigenvalue weighted by Crippen LogP contribution is 2.46. The Morgan fingerprint density at radius 3 is 2.50 bits per heavy atom. The molecular formula is C26H20N6. The molecule has 0 spiro atoms. The van der Waals surface area contributed by atoms with Gasteiger partial charge in [-0.15, -0.1) is 0 Å². The average molecular weight is 416 g/mol. The summed E-state index contributed by atoms with van der Waals surface area (Å²) in [7, 11) is 0. The number of benzene rings is 1. The molecule has 1 aliphatic heterocycles. The minimum Gasteiger partial charge on any atom is -0.382 e. The molecule has 4 aromatic rings. The third kappa shape index (κ3) is 3.03. The number of nitriles is 1. The standard InChI is InChI=1S/C26H20N6/c1-16-9-22(10-17(2)31-16)26(23-7-4-8-30-24(23)25(28)32-26)21-6-3-5-19(12-21)20-11-18(13-27)14-29-15-20/h3-12,14-15H,1-2H3,(H2,28,32). The maximum absolute atomic E-state index is 9.28. The van der Waals surface area contributed by atoms with Gasteiger partial charge in [-0.1, -0.05) is 24.3 Å². The summed E-state index contributed by atoms with van der Waals surface area (Å²) in [6.07, 6.45) is 5.05. The Morgan fingerprint density at radius 2 is 1.72 bits per heavy atom. The van der Waals surface area contributed by atoms with Crippen LogP contribution < -0.4 is 5.73 Å². The second-order valence-electron chi connectivity index (χ2n) is 7.90. The molecule has 1 atom stereocenters. The largest absolute Gasteiger partial charge is 0.382 e. The highest BCUT2D eigenvalue weighted by atomic mass is 15.0. The van der Waals surface area contributed by atoms with E-state index in [1.165, 1.54) is 0 Å². The fourth-order valence-electron chi connectivity index (χ4n) is 4.43. The summed E-state index contributed by atoms with van der Waals surface area (Å²) in [5.74, 6) is 0.409. The van der Waals surface area contributed by atoms with Gasteiger partial charge in [0.1, 0.15) is 23.1 Å². The van der Waals surface area contributed by atoms with Crippen LogP contribution in [-0.2, 0) is 5.54 Å². The van der Waals surface area contributed by atoms with Crippen molar-refractivity contribution in [3.05, 3.63) is 113 Å². The molecule has 4 heterocycles. The van der Waals surface area contributed by atoms with Crippen molar-refractivity contribution >= 4 is 5.84 Å². The van der Waals surface area contributed by atoms with Gasteiger partial charge in [-0.2, -0.15) is 5.26 Å². The predicted molar refractivity (Wildman–Crippen MR) is 123 cm³/mol. The number of amidine groups is 1. The van der Waals surface area contributed by atoms with Gasteiger partial charge in [0.2, 0.25) is 0 Å². The summed E-state index contributed by atoms with van der Waals surface area (Å²) in [5.41, 5.74) is 13.3. The molecule has 3 aromatic heterocycles. The number of fused-ring (bicyclic) bond motifs is 1. The van der Waals surface area contributed by atoms with Crippen LogP contribution in [0.3, 0.4) is 0 Å². The highest BCUT2D eigenvalue weighted by Gasteiger charge is 2.44. The number of hydrogen-bond donors (Lipinski definition) is 1. The Labute approximate surface area is 186 Å². The number of aryl methyl sites for hydroxylation is 2. The van der Waals surface area contributed by atoms with Crippen LogP contribution in [0, 0.1) is 25.2 Å². The van der Waals surface area contributed by atoms with Crippen molar-refractivity contribution in [2.75, 3.05) is 0 Å². The Balaban J connectivity index is 1.80. The number of rotatable bonds is 3. The van der Waals surface area contributed by atoms with Crippen LogP contribution in [0.25, 0.3) is 11.1 Å². The van der Waals surface area contributed by atoms with E-state index in [4.69, 9.17) is 10.7 Å². The Kier molecular flexibility index (Phi) is 4.53. The SMILES string of the molecule is Cc1cc(C2(c3cccc(-c4cncc(C#N)c4)c3)N=C(N)c3ncccc32)cc(C)n1. The van der Waals surface area contributed by atoms with Crippen LogP contribution in [0.5, 0.6) is 0 Å². The molecule has 5 rings (SSSR count). The Bertz CT molecular complexity index is 1410. The molecule has 6 heteroatoms. The molecule has 0 bridgehead atoms. The van der Waals surface area contributed by atoms with Crippen molar-refractivity contribution in [2.45, 2.75) is 19.4 Å². The third-order valence-electron chi connectivity index (χ3n) is 5.71. The van der Waals surface area contributed by atoms with Crippen molar-refractivity contribution < 1.29 is 0 Å². The van der Waals surface area contributed by atoms with Crippen LogP contribution in [0.15, 0.2) is 78.2 Å². The van der Waals surface area contributed by atoms with Crippen molar-refractivity contribution in [1.29, 1.82) is 5.26 Å². The molecule has 2 N–H and O–H groups in total. The van der Waals surface area contributed by atoms with Crippen LogP contribution in [-0.4, -0.2) is 20.8 Å². The maximum atomic E-state index is 9.28. The van der Waals surface area contributed by atoms with E-state index >= 15 is 0 Å². The fraction of sp³-hybridized carbons (Fsp3) is 0.115. The Hall–Kier alpha value is -4.37. The van der Waals surface area contributed by atoms with Gasteiger partial charge in [-0.05, 0) is 60.9 Å². The maximum Gasteiger partial charge on any atom is 0.146 e. The van der Waals surface area contributed by atoms with Gasteiger partial charge in [0.05, 0.1) is 5.56 Å². The second-order valence-corrected chi connectivity index (χ2v) is 7.90. The summed E-state index contributed by atoms with van der Waals surface area (Å²) in [5, 5.41) is 9.28. The molecule has 154 valence electrons. The van der Waals surface area contributed by atoms with E-state index in [0.29, 0.717) is 17.1 Å². The number of nitrogens with two attached hydrogens (primary N) is 1. The molecule has 0 aliphatic carbocycles. The molecule has 1 unspecified atom stereocenters. The lowest BCUT2D eigenvalue weighted by Gasteiger charge is -2.29. The molecule has 0 saturated heterocycles. The van der Waals surface area contributed by atoms with E-state index in [1.54, 1.807) is 18.6 Å². The molecule has 0 fully saturated rings. The fourth-order valence-corrected chi connectivity index (χ4v) is 4.43. The lowest BCUT2D eigenvalue weighted by molar-refractivity contribution is 0.666. The Morgan fingerprint density at radius 1 is 0.906 bits per heavy atom. The highest BCUT2D eigenvalue weighted by molar-refractivity contribution is 6.01. The summed E-state index contributed by atoms with van der Waals surface area (Å²) in [6, 6.07) is 20.2. The van der Waals surface area contributed by atoms with E-state index in [0.717, 1.165) is 39.2 Å². The number of aliphatic imine (C=N–C) groups is 1. The number of aromatic nitrogens is 3. The van der Waals surface area contributed by atoms with E-state index in [9.17, 15) is 5.26 Å². The van der Waals surface area contributed by atoms with Crippen LogP contribution in [0.4, 0.5) is 0 Å². The van der Waals surface area contributed by atoms with E-state index < -0.39 is 5.54 Å². The zero-order valence-corrected chi connectivity index (χ0v) is 17.7. The zero-order chi connectivity index (χ0) is 22.3. The van der Waals surface area contributed by atoms with Gasteiger partial charge in [0.25, 0.3) is 0 Å². The minimum absolute atomic E-state index is 0.409. The number of pyridine rings is 3. The molecule has 32 heavy (non-hydrogen) atoms. The molecule has 1 aliphatic rings. The summed E-state index contributed by atoms with van der Waals surface area (Å²) < 4.78 is 0. The lowest BCUT2D eigenvalue weighted by atomic mass is 9.77. The van der Waals surface area contributed by atoms with Crippen molar-refractivity contribution in [1.82, 2.24) is 15.0 Å². The first-order chi connectivity index (χ1) is 15.5. The first kappa shape index (κ1) is 19.6. The lowest BCUT2D eigenvalue weighted by Crippen LogP contribution is -2.26. The van der Waals surface area contributed by atoms with Gasteiger partial charge in [-0.25, -0.2) is 4.99 Å². The van der Waals surface area contributed by atoms with Crippen LogP contribution >= 0.6 is 0 Å². The van der Waals surface area contributed by atoms with Crippen molar-refractivity contribution in [2.24, 2.45) is 10.7 Å². The van der Waals surface area contributed by atoms with Crippen molar-refractivity contribution in [3.63, 3.8) is 0 Å². The summed E-state index contributed by atoms with van der Waals surface area (Å²) in [6.45, 7) is 3.96. The molecule has 0 saturated carbocycles.